The maximum absolute atomic E-state index is 9.06. The van der Waals surface area contributed by atoms with Gasteiger partial charge in [-0.25, -0.2) is 5.84 Å². The Hall–Kier alpha value is -1.22. The normalized spacial score (nSPS) is 10.0. The van der Waals surface area contributed by atoms with Crippen molar-refractivity contribution in [3.63, 3.8) is 0 Å². The van der Waals surface area contributed by atoms with E-state index in [-0.39, 0.29) is 5.75 Å². The Morgan fingerprint density at radius 2 is 1.92 bits per heavy atom. The number of hydrogen-bond donors (Lipinski definition) is 2. The van der Waals surface area contributed by atoms with Gasteiger partial charge in [0.2, 0.25) is 0 Å². The lowest BCUT2D eigenvalue weighted by Gasteiger charge is -2.17. The highest BCUT2D eigenvalue weighted by Crippen LogP contribution is 2.16. The molecule has 1 aromatic rings. The second-order valence-electron chi connectivity index (χ2n) is 3.06. The predicted octanol–water partition coefficient (Wildman–Crippen LogP) is 1.87. The van der Waals surface area contributed by atoms with Crippen molar-refractivity contribution >= 4 is 5.69 Å². The van der Waals surface area contributed by atoms with Gasteiger partial charge in [-0.2, -0.15) is 0 Å². The highest BCUT2D eigenvalue weighted by Gasteiger charge is 1.99. The van der Waals surface area contributed by atoms with Crippen LogP contribution in [0.15, 0.2) is 24.3 Å². The average Bonchev–Trinajstić information content (AvgIpc) is 2.15. The van der Waals surface area contributed by atoms with Crippen LogP contribution in [0.3, 0.4) is 0 Å². The van der Waals surface area contributed by atoms with E-state index in [0.717, 1.165) is 25.1 Å². The summed E-state index contributed by atoms with van der Waals surface area (Å²) in [6.07, 6.45) is 2.21. The topological polar surface area (TPSA) is 49.5 Å². The number of hydrogen-bond acceptors (Lipinski definition) is 3. The summed E-state index contributed by atoms with van der Waals surface area (Å²) in [7, 11) is 0. The molecule has 0 aliphatic carbocycles. The molecular weight excluding hydrogens is 164 g/mol. The number of anilines is 1. The number of nitrogens with two attached hydrogens (primary N) is 1. The average molecular weight is 180 g/mol. The molecular formula is C10H16N2O. The van der Waals surface area contributed by atoms with E-state index in [0.29, 0.717) is 0 Å². The van der Waals surface area contributed by atoms with E-state index in [2.05, 4.69) is 6.92 Å². The van der Waals surface area contributed by atoms with Crippen LogP contribution < -0.4 is 10.9 Å². The molecule has 72 valence electrons. The Morgan fingerprint density at radius 3 is 2.46 bits per heavy atom. The Labute approximate surface area is 78.8 Å². The van der Waals surface area contributed by atoms with Crippen LogP contribution in [0.25, 0.3) is 0 Å². The Balaban J connectivity index is 2.55. The first-order chi connectivity index (χ1) is 6.24. The van der Waals surface area contributed by atoms with Gasteiger partial charge >= 0.3 is 0 Å². The molecule has 0 saturated heterocycles. The molecule has 0 atom stereocenters. The van der Waals surface area contributed by atoms with Crippen LogP contribution in [0.1, 0.15) is 19.8 Å². The van der Waals surface area contributed by atoms with Crippen LogP contribution in [0.4, 0.5) is 5.69 Å². The van der Waals surface area contributed by atoms with Crippen molar-refractivity contribution in [1.82, 2.24) is 0 Å². The number of unbranched alkanes of at least 4 members (excludes halogenated alkanes) is 1. The lowest BCUT2D eigenvalue weighted by molar-refractivity contribution is 0.475. The van der Waals surface area contributed by atoms with E-state index in [1.54, 1.807) is 17.1 Å². The summed E-state index contributed by atoms with van der Waals surface area (Å²) in [5, 5.41) is 10.8. The van der Waals surface area contributed by atoms with Gasteiger partial charge in [0.05, 0.1) is 5.69 Å². The lowest BCUT2D eigenvalue weighted by Crippen LogP contribution is -2.31. The van der Waals surface area contributed by atoms with Crippen molar-refractivity contribution in [2.24, 2.45) is 5.84 Å². The molecule has 3 N–H and O–H groups in total. The SMILES string of the molecule is CCCCN(N)c1ccc(O)cc1. The number of hydrazine groups is 1. The summed E-state index contributed by atoms with van der Waals surface area (Å²) in [6, 6.07) is 6.90. The van der Waals surface area contributed by atoms with Crippen LogP contribution in [-0.2, 0) is 0 Å². The first-order valence-electron chi connectivity index (χ1n) is 4.55. The molecule has 0 bridgehead atoms. The first-order valence-corrected chi connectivity index (χ1v) is 4.55. The molecule has 0 unspecified atom stereocenters. The Morgan fingerprint density at radius 1 is 1.31 bits per heavy atom. The van der Waals surface area contributed by atoms with Crippen LogP contribution in [0, 0.1) is 0 Å². The van der Waals surface area contributed by atoms with Crippen molar-refractivity contribution < 1.29 is 5.11 Å². The van der Waals surface area contributed by atoms with Gasteiger partial charge in [0, 0.05) is 6.54 Å². The molecule has 0 radical (unpaired) electrons. The molecule has 1 rings (SSSR count). The van der Waals surface area contributed by atoms with Crippen molar-refractivity contribution in [2.45, 2.75) is 19.8 Å². The standard InChI is InChI=1S/C10H16N2O/c1-2-3-8-12(11)9-4-6-10(13)7-5-9/h4-7,13H,2-3,8,11H2,1H3. The molecule has 0 aliphatic rings. The number of phenols is 1. The Kier molecular flexibility index (Phi) is 3.58. The minimum atomic E-state index is 0.271. The lowest BCUT2D eigenvalue weighted by atomic mass is 10.2. The number of benzene rings is 1. The van der Waals surface area contributed by atoms with Crippen LogP contribution in [0.2, 0.25) is 0 Å². The number of rotatable bonds is 4. The van der Waals surface area contributed by atoms with Gasteiger partial charge in [-0.15, -0.1) is 0 Å². The molecule has 0 aliphatic heterocycles. The third kappa shape index (κ3) is 2.95. The van der Waals surface area contributed by atoms with Crippen LogP contribution >= 0.6 is 0 Å². The minimum Gasteiger partial charge on any atom is -0.508 e. The number of phenolic OH excluding ortho intramolecular Hbond substituents is 1. The van der Waals surface area contributed by atoms with Gasteiger partial charge in [-0.05, 0) is 30.7 Å². The molecule has 3 heteroatoms. The molecule has 0 aromatic heterocycles. The smallest absolute Gasteiger partial charge is 0.115 e. The highest BCUT2D eigenvalue weighted by molar-refractivity contribution is 5.47. The van der Waals surface area contributed by atoms with Crippen molar-refractivity contribution in [1.29, 1.82) is 0 Å². The van der Waals surface area contributed by atoms with Gasteiger partial charge in [0.15, 0.2) is 0 Å². The molecule has 3 nitrogen and oxygen atoms in total. The summed E-state index contributed by atoms with van der Waals surface area (Å²) in [6.45, 7) is 2.98. The molecule has 0 saturated carbocycles. The zero-order valence-corrected chi connectivity index (χ0v) is 7.90. The largest absolute Gasteiger partial charge is 0.508 e. The predicted molar refractivity (Wildman–Crippen MR) is 54.5 cm³/mol. The van der Waals surface area contributed by atoms with Gasteiger partial charge in [-0.3, -0.25) is 0 Å². The fourth-order valence-electron chi connectivity index (χ4n) is 1.10. The van der Waals surface area contributed by atoms with Gasteiger partial charge < -0.3 is 10.1 Å². The van der Waals surface area contributed by atoms with E-state index >= 15 is 0 Å². The van der Waals surface area contributed by atoms with Crippen molar-refractivity contribution in [3.8, 4) is 5.75 Å². The van der Waals surface area contributed by atoms with E-state index in [1.165, 1.54) is 0 Å². The summed E-state index contributed by atoms with van der Waals surface area (Å²) in [5.74, 6) is 6.05. The fraction of sp³-hybridized carbons (Fsp3) is 0.400. The maximum atomic E-state index is 9.06. The fourth-order valence-corrected chi connectivity index (χ4v) is 1.10. The molecule has 0 spiro atoms. The Bertz CT molecular complexity index is 246. The molecule has 13 heavy (non-hydrogen) atoms. The van der Waals surface area contributed by atoms with Crippen molar-refractivity contribution in [3.05, 3.63) is 24.3 Å². The van der Waals surface area contributed by atoms with E-state index in [9.17, 15) is 0 Å². The van der Waals surface area contributed by atoms with Crippen molar-refractivity contribution in [2.75, 3.05) is 11.6 Å². The quantitative estimate of drug-likeness (QED) is 0.549. The maximum Gasteiger partial charge on any atom is 0.115 e. The summed E-state index contributed by atoms with van der Waals surface area (Å²) in [4.78, 5) is 0. The van der Waals surface area contributed by atoms with Crippen LogP contribution in [-0.4, -0.2) is 11.7 Å². The van der Waals surface area contributed by atoms with Gasteiger partial charge in [0.1, 0.15) is 5.75 Å². The summed E-state index contributed by atoms with van der Waals surface area (Å²) >= 11 is 0. The zero-order chi connectivity index (χ0) is 9.68. The number of nitrogens with zero attached hydrogens (tertiary/aromatic N) is 1. The molecule has 0 amide bonds. The summed E-state index contributed by atoms with van der Waals surface area (Å²) in [5.41, 5.74) is 0.936. The van der Waals surface area contributed by atoms with Gasteiger partial charge in [0.25, 0.3) is 0 Å². The summed E-state index contributed by atoms with van der Waals surface area (Å²) < 4.78 is 0. The monoisotopic (exact) mass is 180 g/mol. The van der Waals surface area contributed by atoms with Crippen LogP contribution in [0.5, 0.6) is 5.75 Å². The highest BCUT2D eigenvalue weighted by atomic mass is 16.3. The third-order valence-corrected chi connectivity index (χ3v) is 1.93. The number of aromatic hydroxyl groups is 1. The van der Waals surface area contributed by atoms with Gasteiger partial charge in [-0.1, -0.05) is 13.3 Å². The molecule has 0 heterocycles. The third-order valence-electron chi connectivity index (χ3n) is 1.93. The molecule has 0 fully saturated rings. The van der Waals surface area contributed by atoms with E-state index in [1.807, 2.05) is 12.1 Å². The minimum absolute atomic E-state index is 0.271. The second-order valence-corrected chi connectivity index (χ2v) is 3.06. The van der Waals surface area contributed by atoms with E-state index in [4.69, 9.17) is 10.9 Å². The molecule has 1 aromatic carbocycles. The first kappa shape index (κ1) is 9.86. The van der Waals surface area contributed by atoms with E-state index < -0.39 is 0 Å². The zero-order valence-electron chi connectivity index (χ0n) is 7.90. The second kappa shape index (κ2) is 4.72.